The first-order chi connectivity index (χ1) is 8.13. The molecule has 1 heterocycles. The predicted molar refractivity (Wildman–Crippen MR) is 63.4 cm³/mol. The second kappa shape index (κ2) is 7.13. The molecule has 1 aromatic heterocycles. The fourth-order valence-electron chi connectivity index (χ4n) is 1.15. The van der Waals surface area contributed by atoms with Gasteiger partial charge >= 0.3 is 5.97 Å². The Kier molecular flexibility index (Phi) is 5.78. The van der Waals surface area contributed by atoms with Gasteiger partial charge in [-0.15, -0.1) is 5.10 Å². The van der Waals surface area contributed by atoms with Crippen molar-refractivity contribution < 1.29 is 14.1 Å². The molecule has 0 aliphatic carbocycles. The number of carboxylic acids is 1. The Bertz CT molecular complexity index is 393. The lowest BCUT2D eigenvalue weighted by molar-refractivity contribution is 0.0690. The van der Waals surface area contributed by atoms with Crippen molar-refractivity contribution in [2.45, 2.75) is 13.5 Å². The molecule has 7 nitrogen and oxygen atoms in total. The van der Waals surface area contributed by atoms with Crippen LogP contribution >= 0.6 is 0 Å². The van der Waals surface area contributed by atoms with Crippen molar-refractivity contribution >= 4 is 16.8 Å². The van der Waals surface area contributed by atoms with E-state index < -0.39 is 16.8 Å². The van der Waals surface area contributed by atoms with Gasteiger partial charge in [0.15, 0.2) is 5.69 Å². The van der Waals surface area contributed by atoms with Crippen LogP contribution in [0.1, 0.15) is 17.4 Å². The van der Waals surface area contributed by atoms with Crippen LogP contribution in [0.5, 0.6) is 0 Å². The Morgan fingerprint density at radius 1 is 1.59 bits per heavy atom. The molecular weight excluding hydrogens is 244 g/mol. The maximum Gasteiger partial charge on any atom is 0.358 e. The van der Waals surface area contributed by atoms with E-state index in [1.165, 1.54) is 10.9 Å². The smallest absolute Gasteiger partial charge is 0.358 e. The lowest BCUT2D eigenvalue weighted by Gasteiger charge is -2.03. The summed E-state index contributed by atoms with van der Waals surface area (Å²) in [5.41, 5.74) is -0.0583. The summed E-state index contributed by atoms with van der Waals surface area (Å²) < 4.78 is 12.6. The molecule has 1 unspecified atom stereocenters. The third-order valence-electron chi connectivity index (χ3n) is 2.10. The number of nitrogens with zero attached hydrogens (tertiary/aromatic N) is 3. The van der Waals surface area contributed by atoms with Crippen LogP contribution in [0.2, 0.25) is 0 Å². The predicted octanol–water partition coefficient (Wildman–Crippen LogP) is -0.665. The third kappa shape index (κ3) is 5.05. The Labute approximate surface area is 102 Å². The van der Waals surface area contributed by atoms with E-state index in [-0.39, 0.29) is 5.69 Å². The summed E-state index contributed by atoms with van der Waals surface area (Å²) in [6.07, 6.45) is 1.38. The zero-order valence-electron chi connectivity index (χ0n) is 9.63. The van der Waals surface area contributed by atoms with E-state index >= 15 is 0 Å². The minimum absolute atomic E-state index is 0.0583. The topological polar surface area (TPSA) is 97.1 Å². The van der Waals surface area contributed by atoms with Gasteiger partial charge in [-0.1, -0.05) is 12.1 Å². The fraction of sp³-hybridized carbons (Fsp3) is 0.667. The Morgan fingerprint density at radius 2 is 2.35 bits per heavy atom. The van der Waals surface area contributed by atoms with E-state index in [0.717, 1.165) is 0 Å². The zero-order valence-corrected chi connectivity index (χ0v) is 10.4. The number of rotatable bonds is 8. The van der Waals surface area contributed by atoms with Gasteiger partial charge in [-0.2, -0.15) is 0 Å². The first kappa shape index (κ1) is 13.8. The third-order valence-corrected chi connectivity index (χ3v) is 3.41. The second-order valence-electron chi connectivity index (χ2n) is 3.35. The van der Waals surface area contributed by atoms with Crippen LogP contribution in [0.3, 0.4) is 0 Å². The van der Waals surface area contributed by atoms with Gasteiger partial charge in [-0.25, -0.2) is 4.79 Å². The number of carbonyl (C=O) groups is 1. The molecule has 0 aliphatic rings. The summed E-state index contributed by atoms with van der Waals surface area (Å²) in [7, 11) is -0.752. The molecule has 0 spiro atoms. The summed E-state index contributed by atoms with van der Waals surface area (Å²) in [4.78, 5) is 10.5. The van der Waals surface area contributed by atoms with Crippen molar-refractivity contribution in [3.8, 4) is 0 Å². The number of aromatic nitrogens is 3. The minimum atomic E-state index is -1.08. The van der Waals surface area contributed by atoms with Gasteiger partial charge in [0.25, 0.3) is 0 Å². The highest BCUT2D eigenvalue weighted by molar-refractivity contribution is 7.84. The molecular formula is C9H16N4O3S. The molecule has 0 aromatic carbocycles. The molecule has 1 atom stereocenters. The number of hydrogen-bond acceptors (Lipinski definition) is 5. The Morgan fingerprint density at radius 3 is 2.94 bits per heavy atom. The lowest BCUT2D eigenvalue weighted by atomic mass is 10.5. The summed E-state index contributed by atoms with van der Waals surface area (Å²) >= 11 is 0. The Balaban J connectivity index is 2.18. The van der Waals surface area contributed by atoms with E-state index in [2.05, 4.69) is 15.6 Å². The molecule has 0 saturated heterocycles. The van der Waals surface area contributed by atoms with Crippen molar-refractivity contribution in [3.05, 3.63) is 11.9 Å². The number of carboxylic acid groups (broad SMARTS) is 1. The quantitative estimate of drug-likeness (QED) is 0.602. The van der Waals surface area contributed by atoms with Gasteiger partial charge in [-0.05, 0) is 0 Å². The standard InChI is InChI=1S/C9H16N4O3S/c1-2-17(16)6-4-10-3-5-13-7-8(9(14)15)11-12-13/h7,10H,2-6H2,1H3,(H,14,15). The van der Waals surface area contributed by atoms with Gasteiger partial charge in [0.1, 0.15) is 0 Å². The fourth-order valence-corrected chi connectivity index (χ4v) is 1.82. The number of nitrogens with one attached hydrogen (secondary N) is 1. The van der Waals surface area contributed by atoms with Gasteiger partial charge in [0.05, 0.1) is 12.7 Å². The number of hydrogen-bond donors (Lipinski definition) is 2. The molecule has 1 rings (SSSR count). The maximum absolute atomic E-state index is 11.1. The molecule has 0 saturated carbocycles. The normalized spacial score (nSPS) is 12.5. The molecule has 0 radical (unpaired) electrons. The molecule has 1 aromatic rings. The van der Waals surface area contributed by atoms with Crippen LogP contribution in [0, 0.1) is 0 Å². The van der Waals surface area contributed by atoms with Crippen molar-refractivity contribution in [1.29, 1.82) is 0 Å². The largest absolute Gasteiger partial charge is 0.476 e. The highest BCUT2D eigenvalue weighted by Crippen LogP contribution is 1.91. The van der Waals surface area contributed by atoms with Crippen molar-refractivity contribution in [3.63, 3.8) is 0 Å². The van der Waals surface area contributed by atoms with E-state index in [0.29, 0.717) is 31.1 Å². The average molecular weight is 260 g/mol. The molecule has 0 amide bonds. The van der Waals surface area contributed by atoms with Crippen molar-refractivity contribution in [2.24, 2.45) is 0 Å². The average Bonchev–Trinajstić information content (AvgIpc) is 2.77. The highest BCUT2D eigenvalue weighted by atomic mass is 32.2. The van der Waals surface area contributed by atoms with Crippen LogP contribution < -0.4 is 5.32 Å². The van der Waals surface area contributed by atoms with Gasteiger partial charge in [0, 0.05) is 35.4 Å². The zero-order chi connectivity index (χ0) is 12.7. The van der Waals surface area contributed by atoms with Crippen LogP contribution in [-0.4, -0.2) is 54.9 Å². The first-order valence-corrected chi connectivity index (χ1v) is 6.81. The van der Waals surface area contributed by atoms with Crippen LogP contribution in [0.25, 0.3) is 0 Å². The lowest BCUT2D eigenvalue weighted by Crippen LogP contribution is -2.25. The minimum Gasteiger partial charge on any atom is -0.476 e. The van der Waals surface area contributed by atoms with Crippen LogP contribution in [0.15, 0.2) is 6.20 Å². The van der Waals surface area contributed by atoms with Crippen LogP contribution in [0.4, 0.5) is 0 Å². The van der Waals surface area contributed by atoms with E-state index in [9.17, 15) is 9.00 Å². The van der Waals surface area contributed by atoms with Crippen molar-refractivity contribution in [1.82, 2.24) is 20.3 Å². The summed E-state index contributed by atoms with van der Waals surface area (Å²) in [5.74, 6) is 0.226. The molecule has 17 heavy (non-hydrogen) atoms. The summed E-state index contributed by atoms with van der Waals surface area (Å²) in [5, 5.41) is 18.9. The van der Waals surface area contributed by atoms with Gasteiger partial charge < -0.3 is 10.4 Å². The molecule has 0 fully saturated rings. The maximum atomic E-state index is 11.1. The van der Waals surface area contributed by atoms with Gasteiger partial charge in [0.2, 0.25) is 0 Å². The second-order valence-corrected chi connectivity index (χ2v) is 5.22. The van der Waals surface area contributed by atoms with E-state index in [4.69, 9.17) is 5.11 Å². The highest BCUT2D eigenvalue weighted by Gasteiger charge is 2.07. The SMILES string of the molecule is CCS(=O)CCNCCn1cc(C(=O)O)nn1. The molecule has 2 N–H and O–H groups in total. The van der Waals surface area contributed by atoms with E-state index in [1.807, 2.05) is 6.92 Å². The first-order valence-electron chi connectivity index (χ1n) is 5.32. The van der Waals surface area contributed by atoms with Crippen molar-refractivity contribution in [2.75, 3.05) is 24.6 Å². The van der Waals surface area contributed by atoms with Gasteiger partial charge in [-0.3, -0.25) is 8.89 Å². The summed E-state index contributed by atoms with van der Waals surface area (Å²) in [6.45, 7) is 3.75. The number of aromatic carboxylic acids is 1. The molecule has 0 bridgehead atoms. The van der Waals surface area contributed by atoms with Crippen LogP contribution in [-0.2, 0) is 17.3 Å². The monoisotopic (exact) mass is 260 g/mol. The Hall–Kier alpha value is -1.28. The van der Waals surface area contributed by atoms with E-state index in [1.54, 1.807) is 0 Å². The molecule has 0 aliphatic heterocycles. The molecule has 8 heteroatoms. The molecule has 96 valence electrons. The summed E-state index contributed by atoms with van der Waals surface area (Å²) in [6, 6.07) is 0.